The molecule has 0 radical (unpaired) electrons. The highest BCUT2D eigenvalue weighted by Gasteiger charge is 2.24. The van der Waals surface area contributed by atoms with Gasteiger partial charge in [-0.05, 0) is 30.0 Å². The van der Waals surface area contributed by atoms with Crippen LogP contribution >= 0.6 is 23.1 Å². The third kappa shape index (κ3) is 4.07. The number of pyridine rings is 1. The zero-order chi connectivity index (χ0) is 22.2. The maximum absolute atomic E-state index is 6.70. The summed E-state index contributed by atoms with van der Waals surface area (Å²) < 4.78 is 6.63. The predicted octanol–water partition coefficient (Wildman–Crippen LogP) is 5.48. The molecule has 0 atom stereocenters. The summed E-state index contributed by atoms with van der Waals surface area (Å²) in [5.74, 6) is 0.742. The number of aromatic nitrogens is 3. The molecule has 33 heavy (non-hydrogen) atoms. The van der Waals surface area contributed by atoms with Crippen molar-refractivity contribution >= 4 is 45.0 Å². The molecule has 1 aliphatic heterocycles. The van der Waals surface area contributed by atoms with Crippen LogP contribution in [0.4, 0.5) is 11.6 Å². The van der Waals surface area contributed by atoms with E-state index in [2.05, 4.69) is 45.2 Å². The lowest BCUT2D eigenvalue weighted by Crippen LogP contribution is -2.37. The Labute approximate surface area is 201 Å². The van der Waals surface area contributed by atoms with Gasteiger partial charge in [0.25, 0.3) is 0 Å². The number of thioether (sulfide) groups is 1. The van der Waals surface area contributed by atoms with E-state index in [0.717, 1.165) is 57.3 Å². The van der Waals surface area contributed by atoms with Crippen molar-refractivity contribution in [3.63, 3.8) is 0 Å². The first-order valence-electron chi connectivity index (χ1n) is 11.4. The van der Waals surface area contributed by atoms with E-state index < -0.39 is 0 Å². The molecule has 4 heterocycles. The van der Waals surface area contributed by atoms with Gasteiger partial charge in [-0.1, -0.05) is 36.8 Å². The van der Waals surface area contributed by atoms with Gasteiger partial charge in [-0.3, -0.25) is 0 Å². The molecule has 8 heteroatoms. The summed E-state index contributed by atoms with van der Waals surface area (Å²) in [4.78, 5) is 17.4. The average molecular weight is 476 g/mol. The number of nitrogens with zero attached hydrogens (tertiary/aromatic N) is 4. The predicted molar refractivity (Wildman–Crippen MR) is 137 cm³/mol. The second-order valence-corrected chi connectivity index (χ2v) is 11.0. The molecule has 4 aromatic rings. The number of anilines is 2. The number of nitrogens with two attached hydrogens (primary N) is 1. The molecule has 168 valence electrons. The molecule has 1 saturated heterocycles. The van der Waals surface area contributed by atoms with E-state index in [9.17, 15) is 0 Å². The number of morpholine rings is 1. The zero-order valence-electron chi connectivity index (χ0n) is 18.2. The molecule has 6 nitrogen and oxygen atoms in total. The van der Waals surface area contributed by atoms with E-state index in [0.29, 0.717) is 18.5 Å². The quantitative estimate of drug-likeness (QED) is 0.409. The SMILES string of the molecule is Nc1c(SC2CCC2)sc2nc(-c3cnc(N4CCOCC4)nc3)cc(-c3ccccc3)c12. The van der Waals surface area contributed by atoms with E-state index in [1.807, 2.05) is 30.2 Å². The Hall–Kier alpha value is -2.68. The van der Waals surface area contributed by atoms with Gasteiger partial charge in [-0.15, -0.1) is 23.1 Å². The highest BCUT2D eigenvalue weighted by Crippen LogP contribution is 2.48. The molecular formula is C25H25N5OS2. The van der Waals surface area contributed by atoms with E-state index in [1.165, 1.54) is 23.5 Å². The fourth-order valence-corrected chi connectivity index (χ4v) is 6.99. The van der Waals surface area contributed by atoms with Gasteiger partial charge in [0.05, 0.1) is 28.8 Å². The van der Waals surface area contributed by atoms with Crippen LogP contribution in [0.25, 0.3) is 32.6 Å². The Bertz CT molecular complexity index is 1270. The van der Waals surface area contributed by atoms with E-state index in [4.69, 9.17) is 15.5 Å². The van der Waals surface area contributed by atoms with Crippen LogP contribution in [0.1, 0.15) is 19.3 Å². The second kappa shape index (κ2) is 8.93. The van der Waals surface area contributed by atoms with E-state index >= 15 is 0 Å². The average Bonchev–Trinajstić information content (AvgIpc) is 3.17. The number of rotatable bonds is 5. The van der Waals surface area contributed by atoms with Gasteiger partial charge in [0.2, 0.25) is 5.95 Å². The Morgan fingerprint density at radius 2 is 1.79 bits per heavy atom. The summed E-state index contributed by atoms with van der Waals surface area (Å²) in [7, 11) is 0. The van der Waals surface area contributed by atoms with Crippen LogP contribution in [0.15, 0.2) is 53.0 Å². The largest absolute Gasteiger partial charge is 0.397 e. The van der Waals surface area contributed by atoms with Crippen molar-refractivity contribution in [1.29, 1.82) is 0 Å². The molecule has 2 fully saturated rings. The Morgan fingerprint density at radius 3 is 2.48 bits per heavy atom. The Balaban J connectivity index is 1.43. The minimum Gasteiger partial charge on any atom is -0.397 e. The van der Waals surface area contributed by atoms with Crippen molar-refractivity contribution in [2.45, 2.75) is 28.7 Å². The summed E-state index contributed by atoms with van der Waals surface area (Å²) in [6.45, 7) is 3.06. The third-order valence-electron chi connectivity index (χ3n) is 6.30. The van der Waals surface area contributed by atoms with Crippen molar-refractivity contribution in [2.75, 3.05) is 36.9 Å². The summed E-state index contributed by atoms with van der Waals surface area (Å²) in [6, 6.07) is 12.6. The molecule has 0 bridgehead atoms. The fourth-order valence-electron chi connectivity index (χ4n) is 4.20. The highest BCUT2D eigenvalue weighted by atomic mass is 32.2. The van der Waals surface area contributed by atoms with Crippen molar-refractivity contribution in [3.8, 4) is 22.4 Å². The van der Waals surface area contributed by atoms with Crippen LogP contribution in [0.5, 0.6) is 0 Å². The van der Waals surface area contributed by atoms with E-state index in [-0.39, 0.29) is 0 Å². The molecule has 3 aromatic heterocycles. The first kappa shape index (κ1) is 20.9. The molecule has 2 N–H and O–H groups in total. The van der Waals surface area contributed by atoms with Gasteiger partial charge < -0.3 is 15.4 Å². The summed E-state index contributed by atoms with van der Waals surface area (Å²) in [5.41, 5.74) is 11.6. The van der Waals surface area contributed by atoms with E-state index in [1.54, 1.807) is 11.3 Å². The first-order chi connectivity index (χ1) is 16.3. The van der Waals surface area contributed by atoms with Crippen molar-refractivity contribution in [2.24, 2.45) is 0 Å². The molecule has 0 amide bonds. The first-order valence-corrected chi connectivity index (χ1v) is 13.1. The Kier molecular flexibility index (Phi) is 5.65. The molecule has 0 spiro atoms. The number of thiophene rings is 1. The molecule has 2 aliphatic rings. The number of hydrogen-bond acceptors (Lipinski definition) is 8. The standard InChI is InChI=1S/C25H25N5OS2/c26-22-21-19(16-5-2-1-3-6-16)13-20(29-23(21)33-24(22)32-18-7-4-8-18)17-14-27-25(28-15-17)30-9-11-31-12-10-30/h1-3,5-6,13-15,18H,4,7-12,26H2. The normalized spacial score (nSPS) is 16.8. The van der Waals surface area contributed by atoms with Crippen LogP contribution < -0.4 is 10.6 Å². The molecule has 6 rings (SSSR count). The second-order valence-electron chi connectivity index (χ2n) is 8.45. The zero-order valence-corrected chi connectivity index (χ0v) is 19.9. The maximum atomic E-state index is 6.70. The summed E-state index contributed by atoms with van der Waals surface area (Å²) in [5, 5.41) is 1.74. The highest BCUT2D eigenvalue weighted by molar-refractivity contribution is 8.02. The van der Waals surface area contributed by atoms with Crippen molar-refractivity contribution in [1.82, 2.24) is 15.0 Å². The minimum absolute atomic E-state index is 0.682. The van der Waals surface area contributed by atoms with Gasteiger partial charge in [0.15, 0.2) is 0 Å². The van der Waals surface area contributed by atoms with Gasteiger partial charge in [-0.2, -0.15) is 0 Å². The molecular weight excluding hydrogens is 450 g/mol. The van der Waals surface area contributed by atoms with Gasteiger partial charge >= 0.3 is 0 Å². The summed E-state index contributed by atoms with van der Waals surface area (Å²) >= 11 is 3.63. The lowest BCUT2D eigenvalue weighted by Gasteiger charge is -2.26. The summed E-state index contributed by atoms with van der Waals surface area (Å²) in [6.07, 6.45) is 7.62. The molecule has 1 saturated carbocycles. The van der Waals surface area contributed by atoms with Crippen LogP contribution in [0.2, 0.25) is 0 Å². The van der Waals surface area contributed by atoms with Gasteiger partial charge in [-0.25, -0.2) is 15.0 Å². The van der Waals surface area contributed by atoms with Crippen LogP contribution in [-0.4, -0.2) is 46.5 Å². The minimum atomic E-state index is 0.682. The van der Waals surface area contributed by atoms with Crippen LogP contribution in [0, 0.1) is 0 Å². The van der Waals surface area contributed by atoms with Crippen molar-refractivity contribution in [3.05, 3.63) is 48.8 Å². The lowest BCUT2D eigenvalue weighted by atomic mass is 10.00. The van der Waals surface area contributed by atoms with Crippen LogP contribution in [-0.2, 0) is 4.74 Å². The van der Waals surface area contributed by atoms with Gasteiger partial charge in [0.1, 0.15) is 4.83 Å². The lowest BCUT2D eigenvalue weighted by molar-refractivity contribution is 0.122. The number of fused-ring (bicyclic) bond motifs is 1. The number of nitrogen functional groups attached to an aromatic ring is 1. The monoisotopic (exact) mass is 475 g/mol. The Morgan fingerprint density at radius 1 is 1.03 bits per heavy atom. The molecule has 1 aromatic carbocycles. The fraction of sp³-hybridized carbons (Fsp3) is 0.320. The molecule has 0 unspecified atom stereocenters. The van der Waals surface area contributed by atoms with Gasteiger partial charge in [0, 0.05) is 41.7 Å². The van der Waals surface area contributed by atoms with Crippen molar-refractivity contribution < 1.29 is 4.74 Å². The van der Waals surface area contributed by atoms with Crippen LogP contribution in [0.3, 0.4) is 0 Å². The smallest absolute Gasteiger partial charge is 0.225 e. The number of hydrogen-bond donors (Lipinski definition) is 1. The number of benzene rings is 1. The topological polar surface area (TPSA) is 77.2 Å². The molecule has 1 aliphatic carbocycles. The number of ether oxygens (including phenoxy) is 1. The maximum Gasteiger partial charge on any atom is 0.225 e. The third-order valence-corrected chi connectivity index (χ3v) is 8.97.